The number of hydrogen-bond donors (Lipinski definition) is 0. The molecule has 0 bridgehead atoms. The molecule has 1 aliphatic rings. The number of methoxy groups -OCH3 is 1. The van der Waals surface area contributed by atoms with Crippen LogP contribution < -0.4 is 9.64 Å². The van der Waals surface area contributed by atoms with Gasteiger partial charge in [0.25, 0.3) is 0 Å². The van der Waals surface area contributed by atoms with Crippen LogP contribution in [0, 0.1) is 0 Å². The Morgan fingerprint density at radius 2 is 2.05 bits per heavy atom. The van der Waals surface area contributed by atoms with Crippen LogP contribution in [0.3, 0.4) is 0 Å². The molecule has 1 aliphatic heterocycles. The number of ether oxygens (including phenoxy) is 2. The summed E-state index contributed by atoms with van der Waals surface area (Å²) in [5.41, 5.74) is 1.04. The second kappa shape index (κ2) is 6.60. The number of hydrogen-bond acceptors (Lipinski definition) is 5. The van der Waals surface area contributed by atoms with Gasteiger partial charge in [-0.25, -0.2) is 0 Å². The number of anilines is 1. The van der Waals surface area contributed by atoms with Crippen molar-refractivity contribution in [3.05, 3.63) is 23.8 Å². The quantitative estimate of drug-likeness (QED) is 0.628. The van der Waals surface area contributed by atoms with Gasteiger partial charge in [-0.1, -0.05) is 0 Å². The number of ketones is 1. The highest BCUT2D eigenvalue weighted by atomic mass is 16.5. The average molecular weight is 305 g/mol. The minimum absolute atomic E-state index is 0.0381. The monoisotopic (exact) mass is 305 g/mol. The van der Waals surface area contributed by atoms with Crippen LogP contribution in [0.15, 0.2) is 18.2 Å². The first-order chi connectivity index (χ1) is 10.4. The fourth-order valence-corrected chi connectivity index (χ4v) is 2.37. The van der Waals surface area contributed by atoms with Gasteiger partial charge in [-0.2, -0.15) is 0 Å². The zero-order valence-corrected chi connectivity index (χ0v) is 12.9. The van der Waals surface area contributed by atoms with Crippen molar-refractivity contribution in [2.75, 3.05) is 18.6 Å². The number of rotatable bonds is 4. The van der Waals surface area contributed by atoms with Gasteiger partial charge >= 0.3 is 5.97 Å². The van der Waals surface area contributed by atoms with E-state index >= 15 is 0 Å². The maximum Gasteiger partial charge on any atom is 0.305 e. The van der Waals surface area contributed by atoms with E-state index in [4.69, 9.17) is 4.74 Å². The Bertz CT molecular complexity index is 611. The Balaban J connectivity index is 2.22. The Morgan fingerprint density at radius 3 is 2.68 bits per heavy atom. The van der Waals surface area contributed by atoms with E-state index in [1.165, 1.54) is 14.0 Å². The number of fused-ring (bicyclic) bond motifs is 1. The summed E-state index contributed by atoms with van der Waals surface area (Å²) in [6, 6.07) is 4.98. The molecule has 118 valence electrons. The maximum absolute atomic E-state index is 12.1. The van der Waals surface area contributed by atoms with Crippen molar-refractivity contribution in [2.24, 2.45) is 0 Å². The van der Waals surface area contributed by atoms with Gasteiger partial charge in [0.05, 0.1) is 25.8 Å². The molecular weight excluding hydrogens is 286 g/mol. The second-order valence-electron chi connectivity index (χ2n) is 5.24. The summed E-state index contributed by atoms with van der Waals surface area (Å²) < 4.78 is 10.2. The summed E-state index contributed by atoms with van der Waals surface area (Å²) in [4.78, 5) is 36.6. The molecular formula is C16H19NO5. The third-order valence-corrected chi connectivity index (χ3v) is 3.50. The van der Waals surface area contributed by atoms with Crippen molar-refractivity contribution in [1.29, 1.82) is 0 Å². The van der Waals surface area contributed by atoms with Crippen molar-refractivity contribution in [3.63, 3.8) is 0 Å². The normalized spacial score (nSPS) is 16.5. The van der Waals surface area contributed by atoms with E-state index in [-0.39, 0.29) is 30.6 Å². The van der Waals surface area contributed by atoms with Crippen molar-refractivity contribution in [2.45, 2.75) is 32.8 Å². The number of amides is 1. The lowest BCUT2D eigenvalue weighted by molar-refractivity contribution is -0.140. The first-order valence-electron chi connectivity index (χ1n) is 7.11. The van der Waals surface area contributed by atoms with Gasteiger partial charge in [0.15, 0.2) is 5.78 Å². The fourth-order valence-electron chi connectivity index (χ4n) is 2.37. The van der Waals surface area contributed by atoms with Crippen LogP contribution in [0.2, 0.25) is 0 Å². The Hall–Kier alpha value is -2.37. The highest BCUT2D eigenvalue weighted by Gasteiger charge is 2.26. The molecule has 1 aromatic rings. The van der Waals surface area contributed by atoms with Gasteiger partial charge in [0.1, 0.15) is 11.9 Å². The SMILES string of the molecule is COC(=O)CCC(=O)c1ccc2c(c1)N(C(C)=O)CC(C)O2. The number of Topliss-reactive ketones (excluding diaryl/α,β-unsaturated/α-hetero) is 1. The molecule has 0 aromatic heterocycles. The largest absolute Gasteiger partial charge is 0.487 e. The topological polar surface area (TPSA) is 72.9 Å². The van der Waals surface area contributed by atoms with E-state index in [0.717, 1.165) is 0 Å². The first-order valence-corrected chi connectivity index (χ1v) is 7.11. The lowest BCUT2D eigenvalue weighted by Gasteiger charge is -2.33. The number of esters is 1. The molecule has 1 heterocycles. The fraction of sp³-hybridized carbons (Fsp3) is 0.438. The van der Waals surface area contributed by atoms with Gasteiger partial charge in [0, 0.05) is 18.9 Å². The molecule has 6 heteroatoms. The molecule has 0 fully saturated rings. The van der Waals surface area contributed by atoms with Crippen LogP contribution in [0.25, 0.3) is 0 Å². The van der Waals surface area contributed by atoms with Crippen molar-refractivity contribution in [1.82, 2.24) is 0 Å². The predicted octanol–water partition coefficient (Wildman–Crippen LogP) is 1.96. The van der Waals surface area contributed by atoms with E-state index in [1.807, 2.05) is 6.92 Å². The number of carbonyl (C=O) groups excluding carboxylic acids is 3. The Labute approximate surface area is 129 Å². The van der Waals surface area contributed by atoms with E-state index in [0.29, 0.717) is 23.5 Å². The van der Waals surface area contributed by atoms with E-state index in [2.05, 4.69) is 4.74 Å². The third kappa shape index (κ3) is 3.44. The van der Waals surface area contributed by atoms with Gasteiger partial charge in [-0.3, -0.25) is 14.4 Å². The van der Waals surface area contributed by atoms with E-state index in [9.17, 15) is 14.4 Å². The van der Waals surface area contributed by atoms with Crippen LogP contribution in [0.1, 0.15) is 37.0 Å². The molecule has 0 spiro atoms. The highest BCUT2D eigenvalue weighted by molar-refractivity contribution is 6.01. The molecule has 0 aliphatic carbocycles. The highest BCUT2D eigenvalue weighted by Crippen LogP contribution is 2.34. The Morgan fingerprint density at radius 1 is 1.32 bits per heavy atom. The zero-order chi connectivity index (χ0) is 16.3. The van der Waals surface area contributed by atoms with Crippen molar-refractivity contribution < 1.29 is 23.9 Å². The minimum atomic E-state index is -0.422. The lowest BCUT2D eigenvalue weighted by Crippen LogP contribution is -2.41. The van der Waals surface area contributed by atoms with E-state index < -0.39 is 5.97 Å². The minimum Gasteiger partial charge on any atom is -0.487 e. The molecule has 0 N–H and O–H groups in total. The molecule has 0 saturated carbocycles. The van der Waals surface area contributed by atoms with Crippen LogP contribution in [-0.2, 0) is 14.3 Å². The van der Waals surface area contributed by atoms with Crippen LogP contribution >= 0.6 is 0 Å². The average Bonchev–Trinajstić information content (AvgIpc) is 2.50. The first kappa shape index (κ1) is 16.0. The molecule has 6 nitrogen and oxygen atoms in total. The van der Waals surface area contributed by atoms with Crippen molar-refractivity contribution >= 4 is 23.3 Å². The zero-order valence-electron chi connectivity index (χ0n) is 12.9. The van der Waals surface area contributed by atoms with E-state index in [1.54, 1.807) is 23.1 Å². The molecule has 1 aromatic carbocycles. The number of benzene rings is 1. The molecule has 2 rings (SSSR count). The van der Waals surface area contributed by atoms with Gasteiger partial charge in [-0.15, -0.1) is 0 Å². The third-order valence-electron chi connectivity index (χ3n) is 3.50. The molecule has 1 unspecified atom stereocenters. The van der Waals surface area contributed by atoms with Crippen molar-refractivity contribution in [3.8, 4) is 5.75 Å². The van der Waals surface area contributed by atoms with Crippen LogP contribution in [0.5, 0.6) is 5.75 Å². The lowest BCUT2D eigenvalue weighted by atomic mass is 10.0. The second-order valence-corrected chi connectivity index (χ2v) is 5.24. The summed E-state index contributed by atoms with van der Waals surface area (Å²) in [6.45, 7) is 3.81. The molecule has 1 atom stereocenters. The smallest absolute Gasteiger partial charge is 0.305 e. The summed E-state index contributed by atoms with van der Waals surface area (Å²) in [6.07, 6.45) is 0.0105. The summed E-state index contributed by atoms with van der Waals surface area (Å²) >= 11 is 0. The number of nitrogens with zero attached hydrogens (tertiary/aromatic N) is 1. The Kier molecular flexibility index (Phi) is 4.80. The maximum atomic E-state index is 12.1. The summed E-state index contributed by atoms with van der Waals surface area (Å²) in [7, 11) is 1.29. The van der Waals surface area contributed by atoms with Gasteiger partial charge < -0.3 is 14.4 Å². The summed E-state index contributed by atoms with van der Waals surface area (Å²) in [5, 5.41) is 0. The molecule has 0 saturated heterocycles. The molecule has 1 amide bonds. The molecule has 0 radical (unpaired) electrons. The standard InChI is InChI=1S/C16H19NO5/c1-10-9-17(11(2)18)13-8-12(4-6-15(13)22-10)14(19)5-7-16(20)21-3/h4,6,8,10H,5,7,9H2,1-3H3. The van der Waals surface area contributed by atoms with Gasteiger partial charge in [0.2, 0.25) is 5.91 Å². The van der Waals surface area contributed by atoms with Crippen LogP contribution in [0.4, 0.5) is 5.69 Å². The molecule has 22 heavy (non-hydrogen) atoms. The van der Waals surface area contributed by atoms with Crippen LogP contribution in [-0.4, -0.2) is 37.4 Å². The van der Waals surface area contributed by atoms with Gasteiger partial charge in [-0.05, 0) is 25.1 Å². The summed E-state index contributed by atoms with van der Waals surface area (Å²) in [5.74, 6) is -0.113. The number of carbonyl (C=O) groups is 3. The predicted molar refractivity (Wildman–Crippen MR) is 80.1 cm³/mol.